The largest absolute Gasteiger partial charge is 0.481 e. The van der Waals surface area contributed by atoms with Crippen molar-refractivity contribution in [3.63, 3.8) is 0 Å². The van der Waals surface area contributed by atoms with Crippen molar-refractivity contribution in [2.45, 2.75) is 64.0 Å². The zero-order chi connectivity index (χ0) is 16.0. The van der Waals surface area contributed by atoms with E-state index >= 15 is 0 Å². The summed E-state index contributed by atoms with van der Waals surface area (Å²) in [5.41, 5.74) is 4.41. The number of aliphatic carboxylic acids is 1. The molecule has 7 nitrogen and oxygen atoms in total. The molecule has 0 aromatic rings. The van der Waals surface area contributed by atoms with Gasteiger partial charge in [-0.2, -0.15) is 0 Å². The van der Waals surface area contributed by atoms with Gasteiger partial charge in [0.25, 0.3) is 0 Å². The van der Waals surface area contributed by atoms with Gasteiger partial charge in [0.1, 0.15) is 6.04 Å². The predicted octanol–water partition coefficient (Wildman–Crippen LogP) is 0.973. The molecule has 7 heteroatoms. The molecule has 0 bridgehead atoms. The van der Waals surface area contributed by atoms with E-state index in [4.69, 9.17) is 10.8 Å². The van der Waals surface area contributed by atoms with Crippen LogP contribution in [0, 0.1) is 5.92 Å². The molecule has 1 aliphatic carbocycles. The van der Waals surface area contributed by atoms with Gasteiger partial charge in [-0.3, -0.25) is 9.59 Å². The normalized spacial score (nSPS) is 18.2. The molecule has 1 aliphatic rings. The highest BCUT2D eigenvalue weighted by Crippen LogP contribution is 2.32. The van der Waals surface area contributed by atoms with E-state index in [1.165, 1.54) is 0 Å². The van der Waals surface area contributed by atoms with Gasteiger partial charge in [0.2, 0.25) is 5.91 Å². The van der Waals surface area contributed by atoms with E-state index in [0.29, 0.717) is 19.3 Å². The Morgan fingerprint density at radius 3 is 2.24 bits per heavy atom. The van der Waals surface area contributed by atoms with Crippen LogP contribution in [0.2, 0.25) is 0 Å². The number of nitrogens with one attached hydrogen (secondary N) is 2. The number of carboxylic acids is 1. The molecular weight excluding hydrogens is 274 g/mol. The lowest BCUT2D eigenvalue weighted by Gasteiger charge is -2.31. The van der Waals surface area contributed by atoms with Gasteiger partial charge in [0, 0.05) is 0 Å². The van der Waals surface area contributed by atoms with Gasteiger partial charge in [-0.15, -0.1) is 0 Å². The Labute approximate surface area is 124 Å². The second kappa shape index (κ2) is 7.28. The molecule has 0 spiro atoms. The average molecular weight is 299 g/mol. The third-order valence-electron chi connectivity index (χ3n) is 3.78. The molecule has 3 amide bonds. The Morgan fingerprint density at radius 2 is 1.81 bits per heavy atom. The van der Waals surface area contributed by atoms with Gasteiger partial charge in [-0.1, -0.05) is 26.7 Å². The first kappa shape index (κ1) is 17.3. The number of hydrogen-bond acceptors (Lipinski definition) is 3. The van der Waals surface area contributed by atoms with Crippen LogP contribution >= 0.6 is 0 Å². The van der Waals surface area contributed by atoms with E-state index in [1.54, 1.807) is 0 Å². The Bertz CT molecular complexity index is 403. The maximum Gasteiger partial charge on any atom is 0.312 e. The van der Waals surface area contributed by atoms with Crippen LogP contribution in [-0.4, -0.2) is 34.6 Å². The maximum absolute atomic E-state index is 12.4. The van der Waals surface area contributed by atoms with Crippen LogP contribution in [-0.2, 0) is 9.59 Å². The Hall–Kier alpha value is -1.79. The van der Waals surface area contributed by atoms with E-state index < -0.39 is 23.6 Å². The number of carbonyl (C=O) groups is 3. The van der Waals surface area contributed by atoms with Crippen LogP contribution in [0.3, 0.4) is 0 Å². The van der Waals surface area contributed by atoms with E-state index in [9.17, 15) is 14.4 Å². The molecule has 1 rings (SSSR count). The number of urea groups is 1. The van der Waals surface area contributed by atoms with E-state index in [0.717, 1.165) is 12.8 Å². The van der Waals surface area contributed by atoms with Gasteiger partial charge in [-0.05, 0) is 25.2 Å². The molecule has 0 saturated heterocycles. The molecule has 21 heavy (non-hydrogen) atoms. The third kappa shape index (κ3) is 5.61. The first-order valence-corrected chi connectivity index (χ1v) is 7.34. The Balaban J connectivity index is 2.77. The van der Waals surface area contributed by atoms with Gasteiger partial charge in [-0.25, -0.2) is 4.79 Å². The summed E-state index contributed by atoms with van der Waals surface area (Å²) in [6.45, 7) is 3.87. The summed E-state index contributed by atoms with van der Waals surface area (Å²) in [4.78, 5) is 34.4. The molecule has 0 aromatic heterocycles. The minimum atomic E-state index is -0.930. The maximum atomic E-state index is 12.4. The number of carbonyl (C=O) groups excluding carboxylic acids is 2. The summed E-state index contributed by atoms with van der Waals surface area (Å²) in [5, 5.41) is 14.3. The van der Waals surface area contributed by atoms with E-state index in [2.05, 4.69) is 10.6 Å². The third-order valence-corrected chi connectivity index (χ3v) is 3.78. The zero-order valence-electron chi connectivity index (χ0n) is 12.6. The summed E-state index contributed by atoms with van der Waals surface area (Å²) in [5.74, 6) is -1.09. The number of hydrogen-bond donors (Lipinski definition) is 4. The quantitative estimate of drug-likeness (QED) is 0.559. The van der Waals surface area contributed by atoms with Gasteiger partial charge >= 0.3 is 12.0 Å². The van der Waals surface area contributed by atoms with Crippen LogP contribution < -0.4 is 16.4 Å². The van der Waals surface area contributed by atoms with Crippen molar-refractivity contribution in [1.29, 1.82) is 0 Å². The second-order valence-corrected chi connectivity index (χ2v) is 6.24. The number of nitrogens with two attached hydrogens (primary N) is 1. The van der Waals surface area contributed by atoms with E-state index in [1.807, 2.05) is 13.8 Å². The van der Waals surface area contributed by atoms with Gasteiger partial charge in [0.15, 0.2) is 0 Å². The van der Waals surface area contributed by atoms with Crippen molar-refractivity contribution < 1.29 is 19.5 Å². The molecule has 5 N–H and O–H groups in total. The van der Waals surface area contributed by atoms with Crippen LogP contribution in [0.15, 0.2) is 0 Å². The van der Waals surface area contributed by atoms with Crippen LogP contribution in [0.25, 0.3) is 0 Å². The molecule has 1 atom stereocenters. The molecule has 0 aliphatic heterocycles. The first-order valence-electron chi connectivity index (χ1n) is 7.34. The lowest BCUT2D eigenvalue weighted by molar-refractivity contribution is -0.139. The number of carboxylic acid groups (broad SMARTS) is 1. The van der Waals surface area contributed by atoms with Gasteiger partial charge in [0.05, 0.1) is 12.0 Å². The second-order valence-electron chi connectivity index (χ2n) is 6.24. The van der Waals surface area contributed by atoms with Crippen LogP contribution in [0.4, 0.5) is 4.79 Å². The van der Waals surface area contributed by atoms with E-state index in [-0.39, 0.29) is 18.2 Å². The van der Waals surface area contributed by atoms with Crippen molar-refractivity contribution >= 4 is 17.9 Å². The predicted molar refractivity (Wildman–Crippen MR) is 77.6 cm³/mol. The Morgan fingerprint density at radius 1 is 1.24 bits per heavy atom. The lowest BCUT2D eigenvalue weighted by Crippen LogP contribution is -2.56. The fourth-order valence-corrected chi connectivity index (χ4v) is 2.91. The average Bonchev–Trinajstić information content (AvgIpc) is 2.74. The molecule has 0 heterocycles. The molecular formula is C14H25N3O4. The highest BCUT2D eigenvalue weighted by Gasteiger charge is 2.39. The molecule has 1 saturated carbocycles. The summed E-state index contributed by atoms with van der Waals surface area (Å²) in [6.07, 6.45) is 3.45. The monoisotopic (exact) mass is 299 g/mol. The fraction of sp³-hybridized carbons (Fsp3) is 0.786. The number of rotatable bonds is 7. The van der Waals surface area contributed by atoms with Crippen molar-refractivity contribution in [1.82, 2.24) is 10.6 Å². The zero-order valence-corrected chi connectivity index (χ0v) is 12.6. The minimum Gasteiger partial charge on any atom is -0.481 e. The SMILES string of the molecule is CC(C)CC(NC(N)=O)C(=O)NC1(CC(=O)O)CCCC1. The topological polar surface area (TPSA) is 122 Å². The number of amides is 3. The van der Waals surface area contributed by atoms with Crippen LogP contribution in [0.1, 0.15) is 52.4 Å². The highest BCUT2D eigenvalue weighted by atomic mass is 16.4. The van der Waals surface area contributed by atoms with Crippen LogP contribution in [0.5, 0.6) is 0 Å². The highest BCUT2D eigenvalue weighted by molar-refractivity contribution is 5.87. The van der Waals surface area contributed by atoms with Crippen molar-refractivity contribution in [3.8, 4) is 0 Å². The summed E-state index contributed by atoms with van der Waals surface area (Å²) in [6, 6.07) is -1.48. The van der Waals surface area contributed by atoms with Crippen molar-refractivity contribution in [2.24, 2.45) is 11.7 Å². The Kier molecular flexibility index (Phi) is 5.99. The van der Waals surface area contributed by atoms with Crippen molar-refractivity contribution in [3.05, 3.63) is 0 Å². The summed E-state index contributed by atoms with van der Waals surface area (Å²) in [7, 11) is 0. The molecule has 1 unspecified atom stereocenters. The smallest absolute Gasteiger partial charge is 0.312 e. The fourth-order valence-electron chi connectivity index (χ4n) is 2.91. The standard InChI is InChI=1S/C14H25N3O4/c1-9(2)7-10(16-13(15)21)12(20)17-14(8-11(18)19)5-3-4-6-14/h9-10H,3-8H2,1-2H3,(H,17,20)(H,18,19)(H3,15,16,21). The molecule has 1 fully saturated rings. The summed E-state index contributed by atoms with van der Waals surface area (Å²) < 4.78 is 0. The molecule has 0 aromatic carbocycles. The molecule has 0 radical (unpaired) electrons. The minimum absolute atomic E-state index is 0.0935. The lowest BCUT2D eigenvalue weighted by atomic mass is 9.92. The number of primary amides is 1. The summed E-state index contributed by atoms with van der Waals surface area (Å²) >= 11 is 0. The van der Waals surface area contributed by atoms with Crippen molar-refractivity contribution in [2.75, 3.05) is 0 Å². The van der Waals surface area contributed by atoms with Gasteiger partial charge < -0.3 is 21.5 Å². The first-order chi connectivity index (χ1) is 9.74. The molecule has 120 valence electrons.